The summed E-state index contributed by atoms with van der Waals surface area (Å²) in [7, 11) is 0. The van der Waals surface area contributed by atoms with Crippen LogP contribution in [0.25, 0.3) is 0 Å². The summed E-state index contributed by atoms with van der Waals surface area (Å²) >= 11 is 11.5. The van der Waals surface area contributed by atoms with Crippen LogP contribution in [0.15, 0.2) is 12.1 Å². The quantitative estimate of drug-likeness (QED) is 0.668. The number of carbonyl (C=O) groups excluding carboxylic acids is 1. The van der Waals surface area contributed by atoms with Gasteiger partial charge in [-0.15, -0.1) is 0 Å². The van der Waals surface area contributed by atoms with Crippen molar-refractivity contribution in [1.82, 2.24) is 4.98 Å². The van der Waals surface area contributed by atoms with Crippen molar-refractivity contribution >= 4 is 29.2 Å². The molecule has 0 bridgehead atoms. The lowest BCUT2D eigenvalue weighted by Gasteiger charge is -2.11. The topological polar surface area (TPSA) is 65.2 Å². The van der Waals surface area contributed by atoms with Gasteiger partial charge in [0, 0.05) is 0 Å². The van der Waals surface area contributed by atoms with Crippen molar-refractivity contribution in [3.8, 4) is 0 Å². The number of rotatable bonds is 5. The zero-order valence-corrected chi connectivity index (χ0v) is 11.2. The third-order valence-corrected chi connectivity index (χ3v) is 3.18. The lowest BCUT2D eigenvalue weighted by Crippen LogP contribution is -2.32. The van der Waals surface area contributed by atoms with Gasteiger partial charge >= 0.3 is 5.97 Å². The van der Waals surface area contributed by atoms with Gasteiger partial charge < -0.3 is 10.5 Å². The molecule has 0 amide bonds. The summed E-state index contributed by atoms with van der Waals surface area (Å²) in [6.07, 6.45) is 3.03. The number of carbonyl (C=O) groups is 1. The van der Waals surface area contributed by atoms with Gasteiger partial charge in [0.2, 0.25) is 0 Å². The lowest BCUT2D eigenvalue weighted by atomic mass is 10.1. The average molecular weight is 289 g/mol. The van der Waals surface area contributed by atoms with E-state index in [1.54, 1.807) is 12.1 Å². The van der Waals surface area contributed by atoms with Crippen LogP contribution >= 0.6 is 23.2 Å². The molecule has 2 N–H and O–H groups in total. The predicted molar refractivity (Wildman–Crippen MR) is 69.4 cm³/mol. The van der Waals surface area contributed by atoms with Gasteiger partial charge in [-0.1, -0.05) is 36.0 Å². The van der Waals surface area contributed by atoms with Crippen LogP contribution in [0.3, 0.4) is 0 Å². The summed E-state index contributed by atoms with van der Waals surface area (Å²) in [5.41, 5.74) is 6.44. The second-order valence-electron chi connectivity index (χ2n) is 4.51. The Morgan fingerprint density at radius 3 is 2.61 bits per heavy atom. The van der Waals surface area contributed by atoms with E-state index >= 15 is 0 Å². The number of halogens is 2. The van der Waals surface area contributed by atoms with Crippen molar-refractivity contribution in [2.45, 2.75) is 31.9 Å². The first-order valence-electron chi connectivity index (χ1n) is 5.79. The molecule has 1 saturated carbocycles. The molecule has 0 radical (unpaired) electrons. The molecule has 0 unspecified atom stereocenters. The minimum absolute atomic E-state index is 0.110. The van der Waals surface area contributed by atoms with E-state index in [1.807, 2.05) is 0 Å². The van der Waals surface area contributed by atoms with Gasteiger partial charge in [0.25, 0.3) is 0 Å². The van der Waals surface area contributed by atoms with E-state index in [0.717, 1.165) is 12.8 Å². The largest absolute Gasteiger partial charge is 0.460 e. The molecule has 0 aromatic carbocycles. The van der Waals surface area contributed by atoms with Crippen LogP contribution in [0.1, 0.15) is 24.8 Å². The minimum atomic E-state index is -0.537. The second-order valence-corrected chi connectivity index (χ2v) is 5.29. The maximum atomic E-state index is 11.6. The molecule has 1 heterocycles. The Balaban J connectivity index is 1.84. The Hall–Kier alpha value is -0.840. The van der Waals surface area contributed by atoms with Crippen molar-refractivity contribution in [3.63, 3.8) is 0 Å². The van der Waals surface area contributed by atoms with Gasteiger partial charge in [-0.2, -0.15) is 0 Å². The van der Waals surface area contributed by atoms with E-state index in [4.69, 9.17) is 33.7 Å². The van der Waals surface area contributed by atoms with E-state index < -0.39 is 6.04 Å². The Labute approximate surface area is 115 Å². The van der Waals surface area contributed by atoms with Gasteiger partial charge in [0.05, 0.1) is 0 Å². The van der Waals surface area contributed by atoms with Crippen molar-refractivity contribution in [3.05, 3.63) is 28.0 Å². The number of ether oxygens (including phenoxy) is 1. The van der Waals surface area contributed by atoms with E-state index in [0.29, 0.717) is 17.9 Å². The van der Waals surface area contributed by atoms with Crippen molar-refractivity contribution in [1.29, 1.82) is 0 Å². The molecule has 1 aromatic rings. The van der Waals surface area contributed by atoms with Crippen molar-refractivity contribution < 1.29 is 9.53 Å². The highest BCUT2D eigenvalue weighted by atomic mass is 35.5. The number of esters is 1. The number of nitrogens with two attached hydrogens (primary N) is 1. The molecule has 0 aliphatic heterocycles. The molecule has 1 aliphatic rings. The van der Waals surface area contributed by atoms with E-state index in [-0.39, 0.29) is 22.9 Å². The van der Waals surface area contributed by atoms with E-state index in [9.17, 15) is 4.79 Å². The highest BCUT2D eigenvalue weighted by Gasteiger charge is 2.27. The van der Waals surface area contributed by atoms with Crippen LogP contribution in [0, 0.1) is 5.92 Å². The molecule has 4 nitrogen and oxygen atoms in total. The molecule has 98 valence electrons. The van der Waals surface area contributed by atoms with Crippen LogP contribution in [0.5, 0.6) is 0 Å². The Morgan fingerprint density at radius 1 is 1.44 bits per heavy atom. The van der Waals surface area contributed by atoms with Crippen LogP contribution in [-0.4, -0.2) is 17.0 Å². The molecule has 1 aliphatic carbocycles. The maximum Gasteiger partial charge on any atom is 0.323 e. The zero-order valence-electron chi connectivity index (χ0n) is 9.73. The van der Waals surface area contributed by atoms with Crippen LogP contribution in [0.2, 0.25) is 10.3 Å². The summed E-state index contributed by atoms with van der Waals surface area (Å²) in [5, 5.41) is 0.548. The molecule has 0 spiro atoms. The molecule has 18 heavy (non-hydrogen) atoms. The number of aromatic nitrogens is 1. The summed E-state index contributed by atoms with van der Waals surface area (Å²) in [6, 6.07) is 2.67. The third kappa shape index (κ3) is 4.12. The smallest absolute Gasteiger partial charge is 0.323 e. The minimum Gasteiger partial charge on any atom is -0.460 e. The molecular weight excluding hydrogens is 275 g/mol. The van der Waals surface area contributed by atoms with Crippen LogP contribution < -0.4 is 5.73 Å². The lowest BCUT2D eigenvalue weighted by molar-refractivity contribution is -0.146. The SMILES string of the molecule is N[C@@H](CC1CC1)C(=O)OCc1cc(Cl)nc(Cl)c1. The summed E-state index contributed by atoms with van der Waals surface area (Å²) in [5.74, 6) is 0.211. The Morgan fingerprint density at radius 2 is 2.06 bits per heavy atom. The number of hydrogen-bond acceptors (Lipinski definition) is 4. The molecule has 1 fully saturated rings. The van der Waals surface area contributed by atoms with Gasteiger partial charge in [0.1, 0.15) is 23.0 Å². The molecular formula is C12H14Cl2N2O2. The highest BCUT2D eigenvalue weighted by Crippen LogP contribution is 2.33. The fraction of sp³-hybridized carbons (Fsp3) is 0.500. The van der Waals surface area contributed by atoms with Crippen molar-refractivity contribution in [2.24, 2.45) is 11.7 Å². The van der Waals surface area contributed by atoms with Gasteiger partial charge in [-0.3, -0.25) is 4.79 Å². The van der Waals surface area contributed by atoms with E-state index in [2.05, 4.69) is 4.98 Å². The maximum absolute atomic E-state index is 11.6. The van der Waals surface area contributed by atoms with Gasteiger partial charge in [-0.05, 0) is 30.0 Å². The first-order valence-corrected chi connectivity index (χ1v) is 6.54. The van der Waals surface area contributed by atoms with Crippen LogP contribution in [0.4, 0.5) is 0 Å². The average Bonchev–Trinajstić information content (AvgIpc) is 3.08. The normalized spacial score (nSPS) is 16.4. The molecule has 2 rings (SSSR count). The molecule has 0 saturated heterocycles. The van der Waals surface area contributed by atoms with E-state index in [1.165, 1.54) is 0 Å². The fourth-order valence-electron chi connectivity index (χ4n) is 1.67. The van der Waals surface area contributed by atoms with Gasteiger partial charge in [-0.25, -0.2) is 4.98 Å². The summed E-state index contributed by atoms with van der Waals surface area (Å²) in [6.45, 7) is 0.110. The Kier molecular flexibility index (Phi) is 4.43. The highest BCUT2D eigenvalue weighted by molar-refractivity contribution is 6.32. The summed E-state index contributed by atoms with van der Waals surface area (Å²) < 4.78 is 5.12. The zero-order chi connectivity index (χ0) is 13.1. The number of nitrogens with zero attached hydrogens (tertiary/aromatic N) is 1. The standard InChI is InChI=1S/C12H14Cl2N2O2/c13-10-4-8(5-11(14)16-10)6-18-12(17)9(15)3-7-1-2-7/h4-5,7,9H,1-3,6,15H2/t9-/m0/s1. The first kappa shape index (κ1) is 13.6. The summed E-state index contributed by atoms with van der Waals surface area (Å²) in [4.78, 5) is 15.4. The number of hydrogen-bond donors (Lipinski definition) is 1. The van der Waals surface area contributed by atoms with Gasteiger partial charge in [0.15, 0.2) is 0 Å². The first-order chi connectivity index (χ1) is 8.54. The third-order valence-electron chi connectivity index (χ3n) is 2.79. The monoisotopic (exact) mass is 288 g/mol. The molecule has 6 heteroatoms. The second kappa shape index (κ2) is 5.87. The van der Waals surface area contributed by atoms with Crippen LogP contribution in [-0.2, 0) is 16.1 Å². The molecule has 1 aromatic heterocycles. The fourth-order valence-corrected chi connectivity index (χ4v) is 2.17. The Bertz CT molecular complexity index is 429. The predicted octanol–water partition coefficient (Wildman–Crippen LogP) is 2.56. The van der Waals surface area contributed by atoms with Crippen molar-refractivity contribution in [2.75, 3.05) is 0 Å². The number of pyridine rings is 1. The molecule has 1 atom stereocenters.